The molecule has 0 amide bonds. The van der Waals surface area contributed by atoms with Crippen LogP contribution in [-0.4, -0.2) is 16.2 Å². The number of nitrogens with zero attached hydrogens (tertiary/aromatic N) is 4. The molecule has 0 fully saturated rings. The molecular formula is C68H74N4O. The third-order valence-electron chi connectivity index (χ3n) is 14.9. The Labute approximate surface area is 435 Å². The first-order valence-electron chi connectivity index (χ1n) is 26.2. The second kappa shape index (κ2) is 17.8. The lowest BCUT2D eigenvalue weighted by atomic mass is 9.77. The predicted molar refractivity (Wildman–Crippen MR) is 311 cm³/mol. The number of ether oxygens (including phenoxy) is 1. The third kappa shape index (κ3) is 9.56. The number of rotatable bonds is 7. The Bertz CT molecular complexity index is 3400. The van der Waals surface area contributed by atoms with E-state index in [1.807, 2.05) is 6.20 Å². The Hall–Kier alpha value is -7.11. The van der Waals surface area contributed by atoms with E-state index in [9.17, 15) is 0 Å². The summed E-state index contributed by atoms with van der Waals surface area (Å²) in [6.07, 6.45) is 1.93. The van der Waals surface area contributed by atoms with Crippen LogP contribution in [-0.2, 0) is 27.1 Å². The van der Waals surface area contributed by atoms with Gasteiger partial charge in [-0.25, -0.2) is 4.98 Å². The maximum absolute atomic E-state index is 6.89. The van der Waals surface area contributed by atoms with Crippen LogP contribution in [0.25, 0.3) is 49.9 Å². The van der Waals surface area contributed by atoms with E-state index in [-0.39, 0.29) is 27.1 Å². The smallest absolute Gasteiger partial charge is 0.137 e. The van der Waals surface area contributed by atoms with E-state index in [4.69, 9.17) is 9.72 Å². The summed E-state index contributed by atoms with van der Waals surface area (Å²) in [7, 11) is 0. The number of hydrogen-bond donors (Lipinski definition) is 0. The Kier molecular flexibility index (Phi) is 12.1. The number of para-hydroxylation sites is 4. The number of anilines is 4. The maximum atomic E-state index is 6.89. The molecule has 0 saturated carbocycles. The van der Waals surface area contributed by atoms with Gasteiger partial charge in [-0.2, -0.15) is 0 Å². The van der Waals surface area contributed by atoms with Crippen molar-refractivity contribution in [2.24, 2.45) is 0 Å². The summed E-state index contributed by atoms with van der Waals surface area (Å²) in [6.45, 7) is 35.3. The molecule has 5 heteroatoms. The number of benzene rings is 7. The second-order valence-electron chi connectivity index (χ2n) is 25.6. The summed E-state index contributed by atoms with van der Waals surface area (Å²) in [5.41, 5.74) is 18.0. The van der Waals surface area contributed by atoms with E-state index < -0.39 is 0 Å². The molecule has 7 aromatic carbocycles. The molecule has 3 heterocycles. The highest BCUT2D eigenvalue weighted by atomic mass is 16.5. The largest absolute Gasteiger partial charge is 0.457 e. The number of pyridine rings is 1. The minimum absolute atomic E-state index is 0.0172. The first-order chi connectivity index (χ1) is 34.3. The number of hydrogen-bond acceptors (Lipinski definition) is 4. The molecule has 2 aromatic heterocycles. The normalized spacial score (nSPS) is 13.6. The number of fused-ring (bicyclic) bond motifs is 4. The molecular weight excluding hydrogens is 889 g/mol. The van der Waals surface area contributed by atoms with E-state index >= 15 is 0 Å². The summed E-state index contributed by atoms with van der Waals surface area (Å²) in [4.78, 5) is 9.92. The Morgan fingerprint density at radius 1 is 0.397 bits per heavy atom. The lowest BCUT2D eigenvalue weighted by Gasteiger charge is -2.31. The maximum Gasteiger partial charge on any atom is 0.137 e. The van der Waals surface area contributed by atoms with Gasteiger partial charge >= 0.3 is 0 Å². The van der Waals surface area contributed by atoms with Gasteiger partial charge in [0.25, 0.3) is 0 Å². The van der Waals surface area contributed by atoms with E-state index in [0.29, 0.717) is 6.67 Å². The zero-order valence-corrected chi connectivity index (χ0v) is 46.0. The van der Waals surface area contributed by atoms with Crippen molar-refractivity contribution in [2.45, 2.75) is 131 Å². The van der Waals surface area contributed by atoms with Gasteiger partial charge in [0.15, 0.2) is 0 Å². The van der Waals surface area contributed by atoms with Gasteiger partial charge in [0.1, 0.15) is 24.0 Å². The van der Waals surface area contributed by atoms with Crippen molar-refractivity contribution in [3.63, 3.8) is 0 Å². The van der Waals surface area contributed by atoms with Crippen molar-refractivity contribution >= 4 is 44.6 Å². The van der Waals surface area contributed by atoms with E-state index in [2.05, 4.69) is 276 Å². The molecule has 0 spiro atoms. The first kappa shape index (κ1) is 49.5. The predicted octanol–water partition coefficient (Wildman–Crippen LogP) is 19.0. The zero-order valence-electron chi connectivity index (χ0n) is 46.0. The summed E-state index contributed by atoms with van der Waals surface area (Å²) < 4.78 is 9.16. The molecule has 1 aliphatic rings. The van der Waals surface area contributed by atoms with Gasteiger partial charge < -0.3 is 14.5 Å². The van der Waals surface area contributed by atoms with E-state index in [1.165, 1.54) is 61.1 Å². The van der Waals surface area contributed by atoms with Crippen LogP contribution in [0.2, 0.25) is 0 Å². The monoisotopic (exact) mass is 963 g/mol. The minimum Gasteiger partial charge on any atom is -0.457 e. The number of aromatic nitrogens is 2. The molecule has 0 N–H and O–H groups in total. The SMILES string of the molecule is CC(C)(C)c1cc(-c2cccc(-c3cc(C(C)(C)C)cc(C(C)(C)C)c3)c2N2CN(c3cccc(Oc4ccc5c6ccccc6n(-c6cc(C(C)(C)C)ccn6)c5c4)c3)c3ccccc32)cc(C(C)(C)C)c1. The van der Waals surface area contributed by atoms with Crippen LogP contribution >= 0.6 is 0 Å². The van der Waals surface area contributed by atoms with Gasteiger partial charge in [-0.15, -0.1) is 0 Å². The summed E-state index contributed by atoms with van der Waals surface area (Å²) in [6, 6.07) is 58.4. The fraction of sp³-hybridized carbons (Fsp3) is 0.309. The van der Waals surface area contributed by atoms with Crippen LogP contribution in [0.4, 0.5) is 22.7 Å². The van der Waals surface area contributed by atoms with Crippen molar-refractivity contribution in [1.82, 2.24) is 9.55 Å². The Morgan fingerprint density at radius 2 is 0.890 bits per heavy atom. The minimum atomic E-state index is -0.0417. The van der Waals surface area contributed by atoms with Crippen molar-refractivity contribution in [2.75, 3.05) is 16.5 Å². The van der Waals surface area contributed by atoms with Crippen molar-refractivity contribution in [1.29, 1.82) is 0 Å². The molecule has 0 radical (unpaired) electrons. The molecule has 1 aliphatic heterocycles. The van der Waals surface area contributed by atoms with Crippen LogP contribution in [0.15, 0.2) is 164 Å². The molecule has 0 atom stereocenters. The summed E-state index contributed by atoms with van der Waals surface area (Å²) in [5.74, 6) is 2.43. The second-order valence-corrected chi connectivity index (χ2v) is 25.6. The van der Waals surface area contributed by atoms with Gasteiger partial charge in [0.05, 0.1) is 28.1 Å². The van der Waals surface area contributed by atoms with Crippen molar-refractivity contribution in [3.05, 3.63) is 192 Å². The fourth-order valence-electron chi connectivity index (χ4n) is 10.3. The average Bonchev–Trinajstić information content (AvgIpc) is 3.88. The van der Waals surface area contributed by atoms with Gasteiger partial charge in [-0.1, -0.05) is 195 Å². The van der Waals surface area contributed by atoms with Gasteiger partial charge in [-0.3, -0.25) is 4.57 Å². The van der Waals surface area contributed by atoms with Crippen LogP contribution in [0, 0.1) is 0 Å². The fourth-order valence-corrected chi connectivity index (χ4v) is 10.3. The van der Waals surface area contributed by atoms with Crippen molar-refractivity contribution < 1.29 is 4.74 Å². The van der Waals surface area contributed by atoms with E-state index in [0.717, 1.165) is 50.8 Å². The molecule has 0 bridgehead atoms. The Morgan fingerprint density at radius 3 is 1.45 bits per heavy atom. The average molecular weight is 963 g/mol. The van der Waals surface area contributed by atoms with Gasteiger partial charge in [-0.05, 0) is 121 Å². The molecule has 0 aliphatic carbocycles. The van der Waals surface area contributed by atoms with Crippen LogP contribution in [0.5, 0.6) is 11.5 Å². The highest BCUT2D eigenvalue weighted by Gasteiger charge is 2.33. The topological polar surface area (TPSA) is 33.5 Å². The molecule has 372 valence electrons. The molecule has 9 aromatic rings. The van der Waals surface area contributed by atoms with Crippen LogP contribution < -0.4 is 14.5 Å². The standard InChI is InChI=1S/C68H74N4O/c1-64(2,3)46-32-33-69-62(40-46)72-58-27-17-16-24-56(58)57-31-30-53(42-61(57)72)73-52-23-20-22-51(41-52)70-43-71(60-29-19-18-28-59(60)70)63-54(44-34-47(65(4,5)6)38-48(35-44)66(7,8)9)25-21-26-55(63)45-36-49(67(10,11)12)39-50(37-45)68(13,14)15/h16-42H,43H2,1-15H3. The zero-order chi connectivity index (χ0) is 52.0. The lowest BCUT2D eigenvalue weighted by Crippen LogP contribution is -2.25. The molecule has 0 unspecified atom stereocenters. The highest BCUT2D eigenvalue weighted by molar-refractivity contribution is 6.09. The van der Waals surface area contributed by atoms with Gasteiger partial charge in [0, 0.05) is 45.9 Å². The molecule has 73 heavy (non-hydrogen) atoms. The van der Waals surface area contributed by atoms with E-state index in [1.54, 1.807) is 0 Å². The molecule has 5 nitrogen and oxygen atoms in total. The Balaban J connectivity index is 1.10. The summed E-state index contributed by atoms with van der Waals surface area (Å²) in [5, 5.41) is 2.34. The third-order valence-corrected chi connectivity index (χ3v) is 14.9. The van der Waals surface area contributed by atoms with Crippen molar-refractivity contribution in [3.8, 4) is 39.6 Å². The highest BCUT2D eigenvalue weighted by Crippen LogP contribution is 2.52. The lowest BCUT2D eigenvalue weighted by molar-refractivity contribution is 0.483. The molecule has 0 saturated heterocycles. The first-order valence-corrected chi connectivity index (χ1v) is 26.2. The summed E-state index contributed by atoms with van der Waals surface area (Å²) >= 11 is 0. The van der Waals surface area contributed by atoms with Crippen LogP contribution in [0.1, 0.15) is 132 Å². The van der Waals surface area contributed by atoms with Crippen LogP contribution in [0.3, 0.4) is 0 Å². The molecule has 10 rings (SSSR count). The van der Waals surface area contributed by atoms with Gasteiger partial charge in [0.2, 0.25) is 0 Å². The quantitative estimate of drug-likeness (QED) is 0.159.